The molecule has 0 spiro atoms. The zero-order valence-electron chi connectivity index (χ0n) is 10.5. The third-order valence-electron chi connectivity index (χ3n) is 2.32. The van der Waals surface area contributed by atoms with Gasteiger partial charge in [0.1, 0.15) is 10.8 Å². The van der Waals surface area contributed by atoms with E-state index in [-0.39, 0.29) is 0 Å². The molecule has 1 heterocycles. The van der Waals surface area contributed by atoms with Gasteiger partial charge in [-0.25, -0.2) is 4.98 Å². The monoisotopic (exact) mass is 274 g/mol. The Kier molecular flexibility index (Phi) is 6.44. The lowest BCUT2D eigenvalue weighted by molar-refractivity contribution is 0.849. The van der Waals surface area contributed by atoms with Gasteiger partial charge in [0, 0.05) is 18.3 Å². The first-order chi connectivity index (χ1) is 8.17. The minimum Gasteiger partial charge on any atom is -0.369 e. The van der Waals surface area contributed by atoms with Crippen molar-refractivity contribution in [3.8, 4) is 0 Å². The van der Waals surface area contributed by atoms with Gasteiger partial charge in [0.25, 0.3) is 0 Å². The van der Waals surface area contributed by atoms with E-state index in [1.54, 1.807) is 6.20 Å². The van der Waals surface area contributed by atoms with E-state index in [1.807, 2.05) is 18.7 Å². The second-order valence-electron chi connectivity index (χ2n) is 3.68. The fourth-order valence-corrected chi connectivity index (χ4v) is 1.76. The Labute approximate surface area is 112 Å². The number of halogens is 1. The predicted octanol–water partition coefficient (Wildman–Crippen LogP) is 3.12. The topological polar surface area (TPSA) is 49.8 Å². The second-order valence-corrected chi connectivity index (χ2v) is 5.37. The zero-order valence-corrected chi connectivity index (χ0v) is 12.0. The van der Waals surface area contributed by atoms with E-state index in [0.717, 1.165) is 19.5 Å². The van der Waals surface area contributed by atoms with Crippen LogP contribution in [0, 0.1) is 0 Å². The van der Waals surface area contributed by atoms with Gasteiger partial charge in [-0.05, 0) is 19.6 Å². The smallest absolute Gasteiger partial charge is 0.224 e. The Morgan fingerprint density at radius 2 is 2.24 bits per heavy atom. The number of hydrogen-bond acceptors (Lipinski definition) is 5. The number of hydrogen-bond donors (Lipinski definition) is 2. The highest BCUT2D eigenvalue weighted by Crippen LogP contribution is 2.19. The largest absolute Gasteiger partial charge is 0.369 e. The predicted molar refractivity (Wildman–Crippen MR) is 77.3 cm³/mol. The Balaban J connectivity index is 2.54. The van der Waals surface area contributed by atoms with E-state index in [9.17, 15) is 0 Å². The first-order valence-electron chi connectivity index (χ1n) is 5.70. The zero-order chi connectivity index (χ0) is 12.7. The second kappa shape index (κ2) is 7.61. The lowest BCUT2D eigenvalue weighted by Crippen LogP contribution is -2.11. The Bertz CT molecular complexity index is 348. The molecule has 0 saturated carbocycles. The maximum atomic E-state index is 6.03. The molecule has 1 aromatic heterocycles. The van der Waals surface area contributed by atoms with Crippen LogP contribution in [-0.2, 0) is 0 Å². The Hall–Kier alpha value is -0.680. The molecule has 0 fully saturated rings. The normalized spacial score (nSPS) is 12.2. The number of nitrogens with one attached hydrogen (secondary N) is 2. The van der Waals surface area contributed by atoms with E-state index < -0.39 is 0 Å². The summed E-state index contributed by atoms with van der Waals surface area (Å²) in [5.41, 5.74) is 0. The maximum Gasteiger partial charge on any atom is 0.224 e. The van der Waals surface area contributed by atoms with Crippen LogP contribution in [0.2, 0.25) is 5.02 Å². The molecule has 17 heavy (non-hydrogen) atoms. The van der Waals surface area contributed by atoms with Crippen LogP contribution in [0.15, 0.2) is 6.20 Å². The van der Waals surface area contributed by atoms with Crippen LogP contribution >= 0.6 is 23.4 Å². The average molecular weight is 275 g/mol. The molecule has 2 N–H and O–H groups in total. The first-order valence-corrected chi connectivity index (χ1v) is 7.37. The molecule has 0 aromatic carbocycles. The molecule has 1 atom stereocenters. The lowest BCUT2D eigenvalue weighted by atomic mass is 10.3. The van der Waals surface area contributed by atoms with Crippen LogP contribution < -0.4 is 10.6 Å². The van der Waals surface area contributed by atoms with Gasteiger partial charge in [-0.15, -0.1) is 0 Å². The lowest BCUT2D eigenvalue weighted by Gasteiger charge is -2.11. The molecular formula is C11H19ClN4S. The van der Waals surface area contributed by atoms with E-state index in [0.29, 0.717) is 22.0 Å². The number of anilines is 2. The van der Waals surface area contributed by atoms with Gasteiger partial charge < -0.3 is 10.6 Å². The molecule has 1 aromatic rings. The first kappa shape index (κ1) is 14.4. The van der Waals surface area contributed by atoms with Crippen molar-refractivity contribution in [2.24, 2.45) is 0 Å². The Morgan fingerprint density at radius 3 is 2.88 bits per heavy atom. The summed E-state index contributed by atoms with van der Waals surface area (Å²) in [6, 6.07) is 0. The van der Waals surface area contributed by atoms with Gasteiger partial charge in [-0.1, -0.05) is 18.5 Å². The minimum absolute atomic E-state index is 0.559. The number of thioether (sulfide) groups is 1. The van der Waals surface area contributed by atoms with Crippen molar-refractivity contribution in [1.82, 2.24) is 9.97 Å². The van der Waals surface area contributed by atoms with Gasteiger partial charge in [-0.2, -0.15) is 16.7 Å². The van der Waals surface area contributed by atoms with Gasteiger partial charge in [0.2, 0.25) is 5.95 Å². The van der Waals surface area contributed by atoms with Crippen molar-refractivity contribution in [2.45, 2.75) is 25.5 Å². The molecule has 0 radical (unpaired) electrons. The van der Waals surface area contributed by atoms with Gasteiger partial charge >= 0.3 is 0 Å². The van der Waals surface area contributed by atoms with Crippen LogP contribution in [0.25, 0.3) is 0 Å². The van der Waals surface area contributed by atoms with Gasteiger partial charge in [-0.3, -0.25) is 0 Å². The van der Waals surface area contributed by atoms with Crippen LogP contribution in [-0.4, -0.2) is 34.6 Å². The van der Waals surface area contributed by atoms with Gasteiger partial charge in [0.15, 0.2) is 0 Å². The van der Waals surface area contributed by atoms with E-state index >= 15 is 0 Å². The van der Waals surface area contributed by atoms with Crippen molar-refractivity contribution in [3.63, 3.8) is 0 Å². The molecule has 1 rings (SSSR count). The third kappa shape index (κ3) is 5.00. The minimum atomic E-state index is 0.559. The molecule has 0 aliphatic heterocycles. The molecule has 96 valence electrons. The van der Waals surface area contributed by atoms with E-state index in [2.05, 4.69) is 33.8 Å². The van der Waals surface area contributed by atoms with E-state index in [4.69, 9.17) is 11.6 Å². The van der Waals surface area contributed by atoms with Gasteiger partial charge in [0.05, 0.1) is 6.20 Å². The van der Waals surface area contributed by atoms with Crippen molar-refractivity contribution >= 4 is 35.1 Å². The van der Waals surface area contributed by atoms with Crippen molar-refractivity contribution in [2.75, 3.05) is 30.0 Å². The summed E-state index contributed by atoms with van der Waals surface area (Å²) in [5, 5.41) is 7.50. The molecule has 0 aliphatic carbocycles. The molecule has 0 bridgehead atoms. The fraction of sp³-hybridized carbons (Fsp3) is 0.636. The summed E-state index contributed by atoms with van der Waals surface area (Å²) in [5.74, 6) is 1.31. The molecular weight excluding hydrogens is 256 g/mol. The highest BCUT2D eigenvalue weighted by molar-refractivity contribution is 7.99. The molecule has 1 unspecified atom stereocenters. The highest BCUT2D eigenvalue weighted by Gasteiger charge is 2.05. The number of aromatic nitrogens is 2. The van der Waals surface area contributed by atoms with Crippen LogP contribution in [0.3, 0.4) is 0 Å². The summed E-state index contributed by atoms with van der Waals surface area (Å²) in [4.78, 5) is 8.40. The van der Waals surface area contributed by atoms with Crippen molar-refractivity contribution in [1.29, 1.82) is 0 Å². The van der Waals surface area contributed by atoms with Crippen LogP contribution in [0.5, 0.6) is 0 Å². The molecule has 0 amide bonds. The number of nitrogens with zero attached hydrogens (tertiary/aromatic N) is 2. The molecule has 4 nitrogen and oxygen atoms in total. The van der Waals surface area contributed by atoms with Crippen molar-refractivity contribution < 1.29 is 0 Å². The highest BCUT2D eigenvalue weighted by atomic mass is 35.5. The van der Waals surface area contributed by atoms with E-state index in [1.165, 1.54) is 0 Å². The maximum absolute atomic E-state index is 6.03. The average Bonchev–Trinajstić information content (AvgIpc) is 2.33. The van der Waals surface area contributed by atoms with Crippen LogP contribution in [0.1, 0.15) is 20.3 Å². The summed E-state index contributed by atoms with van der Waals surface area (Å²) in [6.07, 6.45) is 4.82. The summed E-state index contributed by atoms with van der Waals surface area (Å²) in [7, 11) is 0. The Morgan fingerprint density at radius 1 is 1.47 bits per heavy atom. The molecule has 0 saturated heterocycles. The summed E-state index contributed by atoms with van der Waals surface area (Å²) in [6.45, 7) is 5.87. The molecule has 6 heteroatoms. The van der Waals surface area contributed by atoms with Crippen LogP contribution in [0.4, 0.5) is 11.8 Å². The van der Waals surface area contributed by atoms with Crippen molar-refractivity contribution in [3.05, 3.63) is 11.2 Å². The SMILES string of the molecule is CCNc1ncc(Cl)c(NCCC(C)SC)n1. The summed E-state index contributed by atoms with van der Waals surface area (Å²) >= 11 is 7.88. The molecule has 0 aliphatic rings. The standard InChI is InChI=1S/C11H19ClN4S/c1-4-13-11-15-7-9(12)10(16-11)14-6-5-8(2)17-3/h7-8H,4-6H2,1-3H3,(H2,13,14,15,16). The summed E-state index contributed by atoms with van der Waals surface area (Å²) < 4.78 is 0. The number of rotatable bonds is 7. The quantitative estimate of drug-likeness (QED) is 0.800. The fourth-order valence-electron chi connectivity index (χ4n) is 1.25. The third-order valence-corrected chi connectivity index (χ3v) is 3.64.